The lowest BCUT2D eigenvalue weighted by molar-refractivity contribution is 0.199. The molecule has 0 saturated heterocycles. The predicted molar refractivity (Wildman–Crippen MR) is 81.0 cm³/mol. The molecule has 1 atom stereocenters. The second-order valence-electron chi connectivity index (χ2n) is 5.74. The van der Waals surface area contributed by atoms with E-state index < -0.39 is 6.10 Å². The van der Waals surface area contributed by atoms with Crippen LogP contribution in [-0.4, -0.2) is 19.9 Å². The highest BCUT2D eigenvalue weighted by Crippen LogP contribution is 2.23. The van der Waals surface area contributed by atoms with Gasteiger partial charge in [-0.05, 0) is 43.0 Å². The number of aliphatic hydroxyl groups is 1. The zero-order valence-electron chi connectivity index (χ0n) is 13.1. The van der Waals surface area contributed by atoms with Crippen LogP contribution in [0.3, 0.4) is 0 Å². The van der Waals surface area contributed by atoms with E-state index in [9.17, 15) is 5.11 Å². The largest absolute Gasteiger partial charge is 0.485 e. The fourth-order valence-corrected chi connectivity index (χ4v) is 2.13. The molecule has 0 saturated carbocycles. The number of ether oxygens (including phenoxy) is 1. The van der Waals surface area contributed by atoms with Gasteiger partial charge >= 0.3 is 0 Å². The van der Waals surface area contributed by atoms with Crippen LogP contribution in [0.25, 0.3) is 0 Å². The summed E-state index contributed by atoms with van der Waals surface area (Å²) in [7, 11) is 0. The molecule has 1 heterocycles. The van der Waals surface area contributed by atoms with Crippen molar-refractivity contribution in [3.63, 3.8) is 0 Å². The van der Waals surface area contributed by atoms with E-state index in [4.69, 9.17) is 4.74 Å². The summed E-state index contributed by atoms with van der Waals surface area (Å²) in [4.78, 5) is 4.25. The molecule has 0 radical (unpaired) electrons. The van der Waals surface area contributed by atoms with Gasteiger partial charge < -0.3 is 9.84 Å². The average Bonchev–Trinajstić information content (AvgIpc) is 2.83. The molecule has 1 aromatic carbocycles. The molecule has 0 aliphatic carbocycles. The van der Waals surface area contributed by atoms with E-state index in [1.165, 1.54) is 0 Å². The van der Waals surface area contributed by atoms with Gasteiger partial charge in [0, 0.05) is 6.54 Å². The van der Waals surface area contributed by atoms with Gasteiger partial charge in [-0.2, -0.15) is 5.10 Å². The molecule has 0 bridgehead atoms. The third-order valence-corrected chi connectivity index (χ3v) is 3.27. The summed E-state index contributed by atoms with van der Waals surface area (Å²) >= 11 is 0. The average molecular weight is 289 g/mol. The van der Waals surface area contributed by atoms with Crippen LogP contribution in [0.1, 0.15) is 43.8 Å². The van der Waals surface area contributed by atoms with Crippen molar-refractivity contribution in [3.05, 3.63) is 41.5 Å². The van der Waals surface area contributed by atoms with Gasteiger partial charge in [0.05, 0.1) is 6.10 Å². The van der Waals surface area contributed by atoms with Crippen LogP contribution in [0.2, 0.25) is 0 Å². The summed E-state index contributed by atoms with van der Waals surface area (Å²) in [5.74, 6) is 2.14. The van der Waals surface area contributed by atoms with Crippen molar-refractivity contribution in [1.29, 1.82) is 0 Å². The number of nitrogens with zero attached hydrogens (tertiary/aromatic N) is 3. The molecule has 0 aliphatic heterocycles. The molecule has 0 fully saturated rings. The Labute approximate surface area is 125 Å². The monoisotopic (exact) mass is 289 g/mol. The fraction of sp³-hybridized carbons (Fsp3) is 0.500. The molecule has 21 heavy (non-hydrogen) atoms. The summed E-state index contributed by atoms with van der Waals surface area (Å²) in [5.41, 5.74) is 1.89. The minimum Gasteiger partial charge on any atom is -0.485 e. The summed E-state index contributed by atoms with van der Waals surface area (Å²) in [6, 6.07) is 5.71. The van der Waals surface area contributed by atoms with Gasteiger partial charge in [-0.1, -0.05) is 19.9 Å². The quantitative estimate of drug-likeness (QED) is 0.888. The molecule has 0 unspecified atom stereocenters. The van der Waals surface area contributed by atoms with Crippen molar-refractivity contribution in [2.45, 2.75) is 47.0 Å². The molecule has 1 aromatic heterocycles. The van der Waals surface area contributed by atoms with Crippen LogP contribution in [-0.2, 0) is 13.2 Å². The van der Waals surface area contributed by atoms with Gasteiger partial charge in [0.1, 0.15) is 18.7 Å². The van der Waals surface area contributed by atoms with Crippen LogP contribution in [0.5, 0.6) is 5.75 Å². The van der Waals surface area contributed by atoms with E-state index in [-0.39, 0.29) is 0 Å². The van der Waals surface area contributed by atoms with Gasteiger partial charge in [-0.25, -0.2) is 9.67 Å². The first-order valence-corrected chi connectivity index (χ1v) is 7.25. The van der Waals surface area contributed by atoms with Crippen molar-refractivity contribution >= 4 is 0 Å². The van der Waals surface area contributed by atoms with Crippen LogP contribution < -0.4 is 4.74 Å². The molecule has 114 valence electrons. The summed E-state index contributed by atoms with van der Waals surface area (Å²) < 4.78 is 7.71. The van der Waals surface area contributed by atoms with E-state index in [1.54, 1.807) is 13.3 Å². The fourth-order valence-electron chi connectivity index (χ4n) is 2.13. The van der Waals surface area contributed by atoms with Gasteiger partial charge in [-0.3, -0.25) is 0 Å². The molecule has 2 aromatic rings. The standard InChI is InChI=1S/C16H23N3O2/c1-11(2)8-19-16(17-10-18-19)9-21-15-6-5-14(13(4)20)7-12(15)3/h5-7,10-11,13,20H,8-9H2,1-4H3/t13-/m0/s1. The number of aryl methyl sites for hydroxylation is 1. The Morgan fingerprint density at radius 3 is 2.67 bits per heavy atom. The number of aromatic nitrogens is 3. The highest BCUT2D eigenvalue weighted by atomic mass is 16.5. The second-order valence-corrected chi connectivity index (χ2v) is 5.74. The molecule has 5 heteroatoms. The predicted octanol–water partition coefficient (Wildman–Crippen LogP) is 2.87. The van der Waals surface area contributed by atoms with E-state index in [0.717, 1.165) is 29.2 Å². The minimum atomic E-state index is -0.466. The molecule has 1 N–H and O–H groups in total. The zero-order chi connectivity index (χ0) is 15.4. The van der Waals surface area contributed by atoms with Crippen LogP contribution >= 0.6 is 0 Å². The van der Waals surface area contributed by atoms with Gasteiger partial charge in [0.2, 0.25) is 0 Å². The number of rotatable bonds is 6. The first-order valence-electron chi connectivity index (χ1n) is 7.25. The van der Waals surface area contributed by atoms with Gasteiger partial charge in [-0.15, -0.1) is 0 Å². The Kier molecular flexibility index (Phi) is 4.96. The minimum absolute atomic E-state index is 0.390. The molecule has 0 spiro atoms. The lowest BCUT2D eigenvalue weighted by atomic mass is 10.1. The normalized spacial score (nSPS) is 12.7. The zero-order valence-corrected chi connectivity index (χ0v) is 13.1. The van der Waals surface area contributed by atoms with E-state index in [2.05, 4.69) is 23.9 Å². The Bertz CT molecular complexity index is 591. The first kappa shape index (κ1) is 15.5. The lowest BCUT2D eigenvalue weighted by Crippen LogP contribution is -2.12. The third-order valence-electron chi connectivity index (χ3n) is 3.27. The lowest BCUT2D eigenvalue weighted by Gasteiger charge is -2.13. The summed E-state index contributed by atoms with van der Waals surface area (Å²) in [6.07, 6.45) is 1.09. The Morgan fingerprint density at radius 2 is 2.05 bits per heavy atom. The molecular weight excluding hydrogens is 266 g/mol. The maximum Gasteiger partial charge on any atom is 0.164 e. The molecular formula is C16H23N3O2. The third kappa shape index (κ3) is 4.04. The summed E-state index contributed by atoms with van der Waals surface area (Å²) in [5, 5.41) is 13.8. The van der Waals surface area contributed by atoms with E-state index in [0.29, 0.717) is 12.5 Å². The van der Waals surface area contributed by atoms with Crippen molar-refractivity contribution in [3.8, 4) is 5.75 Å². The smallest absolute Gasteiger partial charge is 0.164 e. The molecule has 0 aliphatic rings. The Hall–Kier alpha value is -1.88. The highest BCUT2D eigenvalue weighted by molar-refractivity contribution is 5.36. The Morgan fingerprint density at radius 1 is 1.29 bits per heavy atom. The van der Waals surface area contributed by atoms with E-state index in [1.807, 2.05) is 29.8 Å². The second kappa shape index (κ2) is 6.72. The summed E-state index contributed by atoms with van der Waals surface area (Å²) in [6.45, 7) is 9.24. The van der Waals surface area contributed by atoms with Gasteiger partial charge in [0.15, 0.2) is 5.82 Å². The Balaban J connectivity index is 2.05. The van der Waals surface area contributed by atoms with Crippen LogP contribution in [0.15, 0.2) is 24.5 Å². The first-order chi connectivity index (χ1) is 9.97. The molecule has 5 nitrogen and oxygen atoms in total. The SMILES string of the molecule is Cc1cc([C@H](C)O)ccc1OCc1ncnn1CC(C)C. The van der Waals surface area contributed by atoms with E-state index >= 15 is 0 Å². The number of aliphatic hydroxyl groups excluding tert-OH is 1. The van der Waals surface area contributed by atoms with Crippen LogP contribution in [0, 0.1) is 12.8 Å². The van der Waals surface area contributed by atoms with Crippen molar-refractivity contribution in [2.75, 3.05) is 0 Å². The molecule has 2 rings (SSSR count). The maximum absolute atomic E-state index is 9.58. The van der Waals surface area contributed by atoms with Gasteiger partial charge in [0.25, 0.3) is 0 Å². The molecule has 0 amide bonds. The van der Waals surface area contributed by atoms with Crippen molar-refractivity contribution < 1.29 is 9.84 Å². The number of hydrogen-bond acceptors (Lipinski definition) is 4. The maximum atomic E-state index is 9.58. The number of hydrogen-bond donors (Lipinski definition) is 1. The van der Waals surface area contributed by atoms with Crippen LogP contribution in [0.4, 0.5) is 0 Å². The van der Waals surface area contributed by atoms with Crippen molar-refractivity contribution in [1.82, 2.24) is 14.8 Å². The highest BCUT2D eigenvalue weighted by Gasteiger charge is 2.09. The number of benzene rings is 1. The topological polar surface area (TPSA) is 60.2 Å². The van der Waals surface area contributed by atoms with Crippen molar-refractivity contribution in [2.24, 2.45) is 5.92 Å².